The van der Waals surface area contributed by atoms with E-state index in [1.54, 1.807) is 7.11 Å². The number of nitrogens with one attached hydrogen (secondary N) is 1. The molecule has 0 spiro atoms. The van der Waals surface area contributed by atoms with E-state index in [2.05, 4.69) is 45.7 Å². The number of hydrogen-bond acceptors (Lipinski definition) is 3. The van der Waals surface area contributed by atoms with E-state index in [1.807, 2.05) is 36.5 Å². The first-order valence-corrected chi connectivity index (χ1v) is 11.3. The van der Waals surface area contributed by atoms with Crippen molar-refractivity contribution >= 4 is 34.6 Å². The lowest BCUT2D eigenvalue weighted by atomic mass is 9.96. The Morgan fingerprint density at radius 2 is 1.97 bits per heavy atom. The summed E-state index contributed by atoms with van der Waals surface area (Å²) < 4.78 is 7.83. The number of pyridine rings is 1. The van der Waals surface area contributed by atoms with E-state index in [9.17, 15) is 0 Å². The summed E-state index contributed by atoms with van der Waals surface area (Å²) in [6.45, 7) is 4.41. The van der Waals surface area contributed by atoms with Crippen LogP contribution >= 0.6 is 23.8 Å². The largest absolute Gasteiger partial charge is 0.495 e. The first-order chi connectivity index (χ1) is 15.0. The summed E-state index contributed by atoms with van der Waals surface area (Å²) in [6, 6.07) is 14.6. The van der Waals surface area contributed by atoms with Crippen LogP contribution < -0.4 is 15.0 Å². The molecule has 7 heteroatoms. The van der Waals surface area contributed by atoms with Gasteiger partial charge in [0, 0.05) is 29.3 Å². The van der Waals surface area contributed by atoms with Crippen LogP contribution in [0, 0.1) is 13.8 Å². The Kier molecular flexibility index (Phi) is 5.15. The molecular weight excluding hydrogens is 428 g/mol. The molecule has 1 aliphatic carbocycles. The quantitative estimate of drug-likeness (QED) is 0.505. The van der Waals surface area contributed by atoms with Crippen LogP contribution in [0.4, 0.5) is 5.69 Å². The molecule has 0 bridgehead atoms. The van der Waals surface area contributed by atoms with Gasteiger partial charge >= 0.3 is 0 Å². The number of methoxy groups -OCH3 is 1. The summed E-state index contributed by atoms with van der Waals surface area (Å²) >= 11 is 12.3. The van der Waals surface area contributed by atoms with Crippen LogP contribution in [0.5, 0.6) is 5.75 Å². The molecule has 1 aromatic carbocycles. The van der Waals surface area contributed by atoms with Gasteiger partial charge in [0.25, 0.3) is 0 Å². The Hall–Kier alpha value is -2.57. The topological polar surface area (TPSA) is 42.3 Å². The Morgan fingerprint density at radius 3 is 2.61 bits per heavy atom. The number of benzene rings is 1. The molecule has 1 saturated carbocycles. The van der Waals surface area contributed by atoms with Gasteiger partial charge in [-0.15, -0.1) is 0 Å². The van der Waals surface area contributed by atoms with Crippen LogP contribution in [0.2, 0.25) is 5.02 Å². The molecule has 1 N–H and O–H groups in total. The van der Waals surface area contributed by atoms with Crippen LogP contribution in [-0.4, -0.2) is 21.8 Å². The van der Waals surface area contributed by atoms with Crippen LogP contribution in [-0.2, 0) is 0 Å². The van der Waals surface area contributed by atoms with Gasteiger partial charge in [0.15, 0.2) is 5.11 Å². The highest BCUT2D eigenvalue weighted by atomic mass is 35.5. The molecule has 2 aromatic heterocycles. The summed E-state index contributed by atoms with van der Waals surface area (Å²) in [5.41, 5.74) is 5.75. The van der Waals surface area contributed by atoms with Gasteiger partial charge in [0.2, 0.25) is 0 Å². The second-order valence-electron chi connectivity index (χ2n) is 8.24. The van der Waals surface area contributed by atoms with Crippen molar-refractivity contribution < 1.29 is 4.74 Å². The SMILES string of the molecule is COc1ccc(N2C(=S)NC(c3ccccn3)C2c2cc(C)n(C3CC3)c2C)cc1Cl. The molecule has 31 heavy (non-hydrogen) atoms. The monoisotopic (exact) mass is 452 g/mol. The third-order valence-corrected chi connectivity index (χ3v) is 6.88. The maximum Gasteiger partial charge on any atom is 0.174 e. The summed E-state index contributed by atoms with van der Waals surface area (Å²) in [5, 5.41) is 4.75. The number of rotatable bonds is 5. The van der Waals surface area contributed by atoms with Crippen molar-refractivity contribution in [1.82, 2.24) is 14.9 Å². The van der Waals surface area contributed by atoms with E-state index in [-0.39, 0.29) is 12.1 Å². The minimum atomic E-state index is -0.0669. The van der Waals surface area contributed by atoms with Gasteiger partial charge in [-0.05, 0) is 80.9 Å². The fourth-order valence-electron chi connectivity index (χ4n) is 4.75. The van der Waals surface area contributed by atoms with Crippen molar-refractivity contribution in [3.63, 3.8) is 0 Å². The number of aryl methyl sites for hydroxylation is 1. The molecule has 2 atom stereocenters. The third-order valence-electron chi connectivity index (χ3n) is 6.27. The molecular formula is C24H25ClN4OS. The first kappa shape index (κ1) is 20.3. The van der Waals surface area contributed by atoms with Crippen molar-refractivity contribution in [2.75, 3.05) is 12.0 Å². The molecule has 2 unspecified atom stereocenters. The number of thiocarbonyl (C=S) groups is 1. The molecule has 0 amide bonds. The number of anilines is 1. The lowest BCUT2D eigenvalue weighted by molar-refractivity contribution is 0.415. The molecule has 3 heterocycles. The molecule has 1 saturated heterocycles. The van der Waals surface area contributed by atoms with Crippen molar-refractivity contribution in [1.29, 1.82) is 0 Å². The van der Waals surface area contributed by atoms with Crippen LogP contribution in [0.25, 0.3) is 0 Å². The summed E-state index contributed by atoms with van der Waals surface area (Å²) in [5.74, 6) is 0.647. The fourth-order valence-corrected chi connectivity index (χ4v) is 5.35. The minimum Gasteiger partial charge on any atom is -0.495 e. The predicted octanol–water partition coefficient (Wildman–Crippen LogP) is 5.67. The van der Waals surface area contributed by atoms with Gasteiger partial charge in [-0.25, -0.2) is 0 Å². The van der Waals surface area contributed by atoms with Gasteiger partial charge in [0.05, 0.1) is 29.9 Å². The normalized spacial score (nSPS) is 20.8. The molecule has 2 fully saturated rings. The van der Waals surface area contributed by atoms with Gasteiger partial charge in [0.1, 0.15) is 5.75 Å². The number of hydrogen-bond donors (Lipinski definition) is 1. The van der Waals surface area contributed by atoms with E-state index in [1.165, 1.54) is 29.8 Å². The van der Waals surface area contributed by atoms with Crippen molar-refractivity contribution in [2.24, 2.45) is 0 Å². The number of ether oxygens (including phenoxy) is 1. The van der Waals surface area contributed by atoms with Crippen LogP contribution in [0.1, 0.15) is 53.6 Å². The molecule has 3 aromatic rings. The standard InChI is InChI=1S/C24H25ClN4OS/c1-14-12-18(15(2)28(14)16-7-8-16)23-22(20-6-4-5-11-26-20)27-24(31)29(23)17-9-10-21(30-3)19(25)13-17/h4-6,9-13,16,22-23H,7-8H2,1-3H3,(H,27,31). The lowest BCUT2D eigenvalue weighted by Gasteiger charge is -2.28. The molecule has 2 aliphatic rings. The van der Waals surface area contributed by atoms with Gasteiger partial charge in [-0.2, -0.15) is 0 Å². The van der Waals surface area contributed by atoms with Gasteiger partial charge in [-0.3, -0.25) is 4.98 Å². The van der Waals surface area contributed by atoms with Gasteiger partial charge in [-0.1, -0.05) is 17.7 Å². The number of halogens is 1. The lowest BCUT2D eigenvalue weighted by Crippen LogP contribution is -2.29. The Balaban J connectivity index is 1.65. The van der Waals surface area contributed by atoms with E-state index >= 15 is 0 Å². The van der Waals surface area contributed by atoms with Gasteiger partial charge < -0.3 is 19.5 Å². The average molecular weight is 453 g/mol. The van der Waals surface area contributed by atoms with Crippen LogP contribution in [0.15, 0.2) is 48.7 Å². The smallest absolute Gasteiger partial charge is 0.174 e. The average Bonchev–Trinajstić information content (AvgIpc) is 3.47. The highest BCUT2D eigenvalue weighted by Gasteiger charge is 2.43. The Bertz CT molecular complexity index is 1140. The van der Waals surface area contributed by atoms with Crippen molar-refractivity contribution in [3.8, 4) is 5.75 Å². The minimum absolute atomic E-state index is 0.0365. The number of nitrogens with zero attached hydrogens (tertiary/aromatic N) is 3. The van der Waals surface area contributed by atoms with E-state index in [0.29, 0.717) is 21.9 Å². The zero-order valence-electron chi connectivity index (χ0n) is 17.8. The van der Waals surface area contributed by atoms with E-state index in [4.69, 9.17) is 28.6 Å². The maximum atomic E-state index is 6.48. The Morgan fingerprint density at radius 1 is 1.16 bits per heavy atom. The third kappa shape index (κ3) is 3.48. The fraction of sp³-hybridized carbons (Fsp3) is 0.333. The second kappa shape index (κ2) is 7.84. The molecule has 5 nitrogen and oxygen atoms in total. The second-order valence-corrected chi connectivity index (χ2v) is 9.04. The van der Waals surface area contributed by atoms with Crippen molar-refractivity contribution in [3.05, 3.63) is 76.3 Å². The molecule has 5 rings (SSSR count). The maximum absolute atomic E-state index is 6.48. The zero-order chi connectivity index (χ0) is 21.7. The number of aromatic nitrogens is 2. The molecule has 0 radical (unpaired) electrons. The van der Waals surface area contributed by atoms with Crippen LogP contribution in [0.3, 0.4) is 0 Å². The summed E-state index contributed by atoms with van der Waals surface area (Å²) in [4.78, 5) is 6.81. The highest BCUT2D eigenvalue weighted by molar-refractivity contribution is 7.80. The van der Waals surface area contributed by atoms with E-state index < -0.39 is 0 Å². The highest BCUT2D eigenvalue weighted by Crippen LogP contribution is 2.46. The predicted molar refractivity (Wildman–Crippen MR) is 128 cm³/mol. The van der Waals surface area contributed by atoms with E-state index in [0.717, 1.165) is 11.4 Å². The molecule has 1 aliphatic heterocycles. The summed E-state index contributed by atoms with van der Waals surface area (Å²) in [6.07, 6.45) is 4.33. The Labute approximate surface area is 193 Å². The zero-order valence-corrected chi connectivity index (χ0v) is 19.4. The summed E-state index contributed by atoms with van der Waals surface area (Å²) in [7, 11) is 1.62. The molecule has 160 valence electrons. The first-order valence-electron chi connectivity index (χ1n) is 10.5. The van der Waals surface area contributed by atoms with Crippen molar-refractivity contribution in [2.45, 2.75) is 44.8 Å².